The van der Waals surface area contributed by atoms with Crippen LogP contribution >= 0.6 is 0 Å². The monoisotopic (exact) mass is 637 g/mol. The third-order valence-corrected chi connectivity index (χ3v) is 8.42. The van der Waals surface area contributed by atoms with E-state index in [0.717, 1.165) is 36.2 Å². The number of anilines is 2. The number of fused-ring (bicyclic) bond motifs is 1. The van der Waals surface area contributed by atoms with E-state index in [1.165, 1.54) is 19.2 Å². The number of aromatic nitrogens is 1. The Morgan fingerprint density at radius 1 is 1.18 bits per heavy atom. The Morgan fingerprint density at radius 3 is 2.52 bits per heavy atom. The molecule has 0 bridgehead atoms. The number of benzene rings is 2. The molecular weight excluding hydrogens is 599 g/mol. The minimum atomic E-state index is -4.47. The van der Waals surface area contributed by atoms with Gasteiger partial charge in [-0.05, 0) is 56.0 Å². The molecule has 10 nitrogen and oxygen atoms in total. The van der Waals surface area contributed by atoms with Crippen molar-refractivity contribution in [2.24, 2.45) is 5.14 Å². The molecule has 0 radical (unpaired) electrons. The van der Waals surface area contributed by atoms with Crippen LogP contribution in [0.4, 0.5) is 24.5 Å². The van der Waals surface area contributed by atoms with Gasteiger partial charge >= 0.3 is 6.18 Å². The number of hydrogen-bond donors (Lipinski definition) is 5. The topological polar surface area (TPSA) is 142 Å². The number of rotatable bonds is 11. The second kappa shape index (κ2) is 14.1. The van der Waals surface area contributed by atoms with Gasteiger partial charge in [-0.3, -0.25) is 0 Å². The first-order valence-corrected chi connectivity index (χ1v) is 15.8. The number of β-amino-alcohol motifs (C(OH)–C–C–N with tert-alkyl or cyclic N) is 1. The van der Waals surface area contributed by atoms with Crippen LogP contribution in [0.5, 0.6) is 5.75 Å². The molecule has 2 aromatic carbocycles. The van der Waals surface area contributed by atoms with Crippen molar-refractivity contribution in [3.63, 3.8) is 0 Å². The van der Waals surface area contributed by atoms with Gasteiger partial charge in [0.05, 0.1) is 41.6 Å². The molecule has 0 spiro atoms. The van der Waals surface area contributed by atoms with E-state index in [4.69, 9.17) is 9.88 Å². The highest BCUT2D eigenvalue weighted by Crippen LogP contribution is 2.34. The highest BCUT2D eigenvalue weighted by atomic mass is 32.2. The first-order chi connectivity index (χ1) is 20.8. The second-order valence-electron chi connectivity index (χ2n) is 10.8. The number of hydrogen-bond acceptors (Lipinski definition) is 8. The summed E-state index contributed by atoms with van der Waals surface area (Å²) in [6, 6.07) is 9.76. The number of nitrogens with one attached hydrogen (secondary N) is 2. The Hall–Kier alpha value is -3.48. The molecule has 0 amide bonds. The summed E-state index contributed by atoms with van der Waals surface area (Å²) in [6.45, 7) is 2.45. The van der Waals surface area contributed by atoms with E-state index in [0.29, 0.717) is 23.1 Å². The number of nitrogens with two attached hydrogens (primary N) is 1. The molecule has 0 aliphatic carbocycles. The maximum atomic E-state index is 13.6. The van der Waals surface area contributed by atoms with Gasteiger partial charge in [0, 0.05) is 55.3 Å². The van der Waals surface area contributed by atoms with E-state index in [-0.39, 0.29) is 47.5 Å². The molecule has 1 aromatic heterocycles. The van der Waals surface area contributed by atoms with Crippen molar-refractivity contribution in [2.45, 2.75) is 55.9 Å². The normalized spacial score (nSPS) is 15.5. The number of methoxy groups -OCH3 is 1. The molecule has 1 aliphatic rings. The van der Waals surface area contributed by atoms with Crippen LogP contribution in [0, 0.1) is 11.8 Å². The summed E-state index contributed by atoms with van der Waals surface area (Å²) in [4.78, 5) is 2.02. The summed E-state index contributed by atoms with van der Waals surface area (Å²) >= 11 is 0. The van der Waals surface area contributed by atoms with Crippen LogP contribution in [0.1, 0.15) is 31.0 Å². The molecule has 3 aromatic rings. The van der Waals surface area contributed by atoms with Gasteiger partial charge in [-0.25, -0.2) is 13.6 Å². The number of piperidine rings is 1. The maximum Gasteiger partial charge on any atom is 0.406 e. The van der Waals surface area contributed by atoms with Gasteiger partial charge in [0.1, 0.15) is 12.3 Å². The van der Waals surface area contributed by atoms with Crippen LogP contribution in [-0.2, 0) is 23.0 Å². The van der Waals surface area contributed by atoms with Crippen molar-refractivity contribution in [2.75, 3.05) is 50.5 Å². The molecule has 1 unspecified atom stereocenters. The van der Waals surface area contributed by atoms with Crippen molar-refractivity contribution in [1.82, 2.24) is 9.47 Å². The van der Waals surface area contributed by atoms with Crippen molar-refractivity contribution in [3.8, 4) is 17.6 Å². The molecule has 44 heavy (non-hydrogen) atoms. The van der Waals surface area contributed by atoms with E-state index < -0.39 is 28.8 Å². The summed E-state index contributed by atoms with van der Waals surface area (Å²) in [5, 5.41) is 31.6. The van der Waals surface area contributed by atoms with Gasteiger partial charge in [0.25, 0.3) is 0 Å². The van der Waals surface area contributed by atoms with Crippen LogP contribution in [0.2, 0.25) is 0 Å². The number of ether oxygens (including phenoxy) is 1. The molecule has 2 heterocycles. The Kier molecular flexibility index (Phi) is 10.7. The number of nitrogens with zero attached hydrogens (tertiary/aromatic N) is 2. The van der Waals surface area contributed by atoms with Crippen LogP contribution in [0.25, 0.3) is 10.9 Å². The predicted octanol–water partition coefficient (Wildman–Crippen LogP) is 3.12. The molecule has 1 aliphatic heterocycles. The Bertz CT molecular complexity index is 1620. The van der Waals surface area contributed by atoms with Gasteiger partial charge in [-0.2, -0.15) is 13.2 Å². The number of sulfonamides is 1. The fraction of sp³-hybridized carbons (Fsp3) is 0.467. The number of alkyl halides is 3. The number of aliphatic hydroxyl groups excluding tert-OH is 2. The first-order valence-electron chi connectivity index (χ1n) is 14.2. The zero-order chi connectivity index (χ0) is 32.1. The summed E-state index contributed by atoms with van der Waals surface area (Å²) < 4.78 is 71.5. The van der Waals surface area contributed by atoms with E-state index in [2.05, 4.69) is 27.4 Å². The summed E-state index contributed by atoms with van der Waals surface area (Å²) in [5.41, 5.74) is 1.92. The summed E-state index contributed by atoms with van der Waals surface area (Å²) in [7, 11) is -2.73. The van der Waals surface area contributed by atoms with Gasteiger partial charge in [0.2, 0.25) is 10.0 Å². The highest BCUT2D eigenvalue weighted by molar-refractivity contribution is 7.89. The smallest absolute Gasteiger partial charge is 0.406 e. The third-order valence-electron chi connectivity index (χ3n) is 7.43. The van der Waals surface area contributed by atoms with Crippen molar-refractivity contribution in [3.05, 3.63) is 47.7 Å². The highest BCUT2D eigenvalue weighted by Gasteiger charge is 2.30. The maximum absolute atomic E-state index is 13.6. The number of halogens is 3. The standard InChI is InChI=1S/C30H38F3N5O5S/c1-20(40)18-37-14-10-21(11-15-37)36-25-6-3-7-27-24(25)17-22(38(27)19-30(31,32)33)5-4-13-35-26-8-9-28(44(34,41)42)23(12-16-39)29(26)43-2/h3,6-9,17,20-21,35-36,39-40H,10-16,18-19H2,1-2H3,(H2,34,41,42). The van der Waals surface area contributed by atoms with Crippen molar-refractivity contribution in [1.29, 1.82) is 0 Å². The SMILES string of the molecule is COc1c(NCC#Cc2cc3c(NC4CCN(CC(C)O)CC4)cccc3n2CC(F)(F)F)ccc(S(N)(=O)=O)c1CCO. The van der Waals surface area contributed by atoms with Gasteiger partial charge in [-0.15, -0.1) is 0 Å². The zero-order valence-electron chi connectivity index (χ0n) is 24.6. The Balaban J connectivity index is 1.58. The van der Waals surface area contributed by atoms with Gasteiger partial charge in [-0.1, -0.05) is 12.0 Å². The van der Waals surface area contributed by atoms with Crippen LogP contribution < -0.4 is 20.5 Å². The second-order valence-corrected chi connectivity index (χ2v) is 12.4. The molecule has 1 atom stereocenters. The average Bonchev–Trinajstić information content (AvgIpc) is 3.28. The molecule has 1 fully saturated rings. The minimum Gasteiger partial charge on any atom is -0.494 e. The average molecular weight is 638 g/mol. The van der Waals surface area contributed by atoms with Crippen molar-refractivity contribution >= 4 is 32.3 Å². The van der Waals surface area contributed by atoms with E-state index in [9.17, 15) is 31.8 Å². The Labute approximate surface area is 255 Å². The molecular formula is C30H38F3N5O5S. The molecule has 0 saturated carbocycles. The first kappa shape index (κ1) is 33.4. The molecule has 240 valence electrons. The molecule has 6 N–H and O–H groups in total. The van der Waals surface area contributed by atoms with Crippen LogP contribution in [0.15, 0.2) is 41.3 Å². The lowest BCUT2D eigenvalue weighted by Gasteiger charge is -2.33. The number of primary sulfonamides is 1. The number of aliphatic hydroxyl groups is 2. The summed E-state index contributed by atoms with van der Waals surface area (Å²) in [6.07, 6.45) is -3.22. The van der Waals surface area contributed by atoms with Crippen LogP contribution in [-0.4, -0.2) is 86.3 Å². The van der Waals surface area contributed by atoms with Gasteiger partial charge in [0.15, 0.2) is 0 Å². The van der Waals surface area contributed by atoms with Crippen LogP contribution in [0.3, 0.4) is 0 Å². The van der Waals surface area contributed by atoms with E-state index in [1.807, 2.05) is 6.07 Å². The zero-order valence-corrected chi connectivity index (χ0v) is 25.4. The quantitative estimate of drug-likeness (QED) is 0.202. The third kappa shape index (κ3) is 8.36. The lowest BCUT2D eigenvalue weighted by molar-refractivity contribution is -0.140. The van der Waals surface area contributed by atoms with Gasteiger partial charge < -0.3 is 35.1 Å². The fourth-order valence-electron chi connectivity index (χ4n) is 5.59. The Morgan fingerprint density at radius 2 is 1.91 bits per heavy atom. The molecule has 1 saturated heterocycles. The van der Waals surface area contributed by atoms with Crippen molar-refractivity contribution < 1.29 is 36.5 Å². The fourth-order valence-corrected chi connectivity index (χ4v) is 6.38. The largest absolute Gasteiger partial charge is 0.494 e. The van der Waals surface area contributed by atoms with E-state index in [1.54, 1.807) is 25.1 Å². The lowest BCUT2D eigenvalue weighted by atomic mass is 10.0. The predicted molar refractivity (Wildman–Crippen MR) is 163 cm³/mol. The van der Waals surface area contributed by atoms with E-state index >= 15 is 0 Å². The lowest BCUT2D eigenvalue weighted by Crippen LogP contribution is -2.41. The minimum absolute atomic E-state index is 0.00727. The molecule has 4 rings (SSSR count). The summed E-state index contributed by atoms with van der Waals surface area (Å²) in [5.74, 6) is 5.89. The molecule has 14 heteroatoms. The number of likely N-dealkylation sites (tertiary alicyclic amines) is 1.